The summed E-state index contributed by atoms with van der Waals surface area (Å²) in [6, 6.07) is 1.87. The topological polar surface area (TPSA) is 109 Å². The van der Waals surface area contributed by atoms with Crippen molar-refractivity contribution in [3.8, 4) is 0 Å². The third-order valence-corrected chi connectivity index (χ3v) is 6.23. The zero-order valence-corrected chi connectivity index (χ0v) is 17.3. The molecule has 3 aliphatic carbocycles. The number of carbonyl (C=O) groups is 2. The zero-order valence-electron chi connectivity index (χ0n) is 17.3. The van der Waals surface area contributed by atoms with Gasteiger partial charge in [0.25, 0.3) is 0 Å². The molecule has 0 radical (unpaired) electrons. The molecular weight excluding hydrogens is 370 g/mol. The molecule has 3 aliphatic rings. The van der Waals surface area contributed by atoms with E-state index in [1.54, 1.807) is 12.4 Å². The molecule has 0 spiro atoms. The minimum Gasteiger partial charge on any atom is -0.444 e. The van der Waals surface area contributed by atoms with Gasteiger partial charge in [-0.05, 0) is 65.4 Å². The third kappa shape index (κ3) is 4.06. The van der Waals surface area contributed by atoms with Gasteiger partial charge in [0.1, 0.15) is 11.1 Å². The summed E-state index contributed by atoms with van der Waals surface area (Å²) in [5, 5.41) is 6.15. The van der Waals surface area contributed by atoms with E-state index in [4.69, 9.17) is 4.74 Å². The van der Waals surface area contributed by atoms with E-state index in [1.807, 2.05) is 26.8 Å². The maximum atomic E-state index is 13.0. The number of H-pyrrole nitrogens is 1. The molecule has 3 saturated carbocycles. The summed E-state index contributed by atoms with van der Waals surface area (Å²) in [5.41, 5.74) is 1.18. The van der Waals surface area contributed by atoms with Gasteiger partial charge in [0.15, 0.2) is 5.65 Å². The van der Waals surface area contributed by atoms with Crippen molar-refractivity contribution in [2.24, 2.45) is 5.41 Å². The normalized spacial score (nSPS) is 26.3. The number of aromatic amines is 1. The van der Waals surface area contributed by atoms with Crippen LogP contribution in [0.3, 0.4) is 0 Å². The highest BCUT2D eigenvalue weighted by atomic mass is 16.6. The number of amides is 2. The number of hydrogen-bond donors (Lipinski definition) is 3. The predicted molar refractivity (Wildman–Crippen MR) is 108 cm³/mol. The van der Waals surface area contributed by atoms with E-state index in [1.165, 1.54) is 0 Å². The van der Waals surface area contributed by atoms with Gasteiger partial charge in [-0.3, -0.25) is 4.79 Å². The van der Waals surface area contributed by atoms with Crippen LogP contribution in [0.1, 0.15) is 65.0 Å². The monoisotopic (exact) mass is 399 g/mol. The number of hydrogen-bond acceptors (Lipinski definition) is 5. The molecule has 0 unspecified atom stereocenters. The van der Waals surface area contributed by atoms with E-state index in [9.17, 15) is 9.59 Å². The van der Waals surface area contributed by atoms with E-state index in [0.717, 1.165) is 55.4 Å². The molecule has 0 aromatic carbocycles. The first-order valence-electron chi connectivity index (χ1n) is 10.3. The molecule has 156 valence electrons. The van der Waals surface area contributed by atoms with Crippen molar-refractivity contribution in [3.63, 3.8) is 0 Å². The lowest BCUT2D eigenvalue weighted by Crippen LogP contribution is -2.60. The van der Waals surface area contributed by atoms with Crippen LogP contribution in [0.5, 0.6) is 0 Å². The molecule has 8 heteroatoms. The molecule has 2 amide bonds. The Hall–Kier alpha value is -2.64. The lowest BCUT2D eigenvalue weighted by molar-refractivity contribution is -0.138. The third-order valence-electron chi connectivity index (χ3n) is 6.23. The average molecular weight is 399 g/mol. The molecule has 5 rings (SSSR count). The summed E-state index contributed by atoms with van der Waals surface area (Å²) >= 11 is 0. The van der Waals surface area contributed by atoms with E-state index in [0.29, 0.717) is 6.54 Å². The minimum absolute atomic E-state index is 0.0824. The number of carbonyl (C=O) groups excluding carboxylic acids is 2. The molecule has 2 heterocycles. The van der Waals surface area contributed by atoms with Crippen LogP contribution in [0.15, 0.2) is 18.5 Å². The van der Waals surface area contributed by atoms with Crippen molar-refractivity contribution in [1.82, 2.24) is 25.6 Å². The molecule has 8 nitrogen and oxygen atoms in total. The molecule has 0 aliphatic heterocycles. The second-order valence-electron chi connectivity index (χ2n) is 9.44. The highest BCUT2D eigenvalue weighted by Crippen LogP contribution is 2.52. The Labute approximate surface area is 170 Å². The van der Waals surface area contributed by atoms with Crippen molar-refractivity contribution in [2.75, 3.05) is 0 Å². The Morgan fingerprint density at radius 3 is 2.52 bits per heavy atom. The van der Waals surface area contributed by atoms with Gasteiger partial charge in [-0.15, -0.1) is 0 Å². The molecule has 2 bridgehead atoms. The van der Waals surface area contributed by atoms with Crippen LogP contribution in [-0.2, 0) is 16.1 Å². The van der Waals surface area contributed by atoms with Gasteiger partial charge in [0, 0.05) is 17.2 Å². The van der Waals surface area contributed by atoms with E-state index < -0.39 is 5.60 Å². The number of nitrogens with one attached hydrogen (secondary N) is 3. The van der Waals surface area contributed by atoms with E-state index in [-0.39, 0.29) is 23.0 Å². The minimum atomic E-state index is -0.514. The highest BCUT2D eigenvalue weighted by Gasteiger charge is 2.53. The van der Waals surface area contributed by atoms with Gasteiger partial charge < -0.3 is 20.4 Å². The number of aromatic nitrogens is 3. The molecular formula is C21H29N5O3. The van der Waals surface area contributed by atoms with E-state index in [2.05, 4.69) is 25.6 Å². The lowest BCUT2D eigenvalue weighted by Gasteiger charge is -2.52. The molecule has 29 heavy (non-hydrogen) atoms. The molecule has 2 aromatic rings. The van der Waals surface area contributed by atoms with Crippen LogP contribution in [0.4, 0.5) is 4.79 Å². The van der Waals surface area contributed by atoms with Crippen LogP contribution in [0.25, 0.3) is 11.2 Å². The number of rotatable bonds is 4. The molecule has 0 saturated heterocycles. The van der Waals surface area contributed by atoms with Gasteiger partial charge in [-0.1, -0.05) is 0 Å². The summed E-state index contributed by atoms with van der Waals surface area (Å²) < 4.78 is 5.43. The van der Waals surface area contributed by atoms with Crippen molar-refractivity contribution < 1.29 is 14.3 Å². The first kappa shape index (κ1) is 19.7. The van der Waals surface area contributed by atoms with Crippen LogP contribution < -0.4 is 10.6 Å². The summed E-state index contributed by atoms with van der Waals surface area (Å²) in [5.74, 6) is 0.0824. The summed E-state index contributed by atoms with van der Waals surface area (Å²) in [7, 11) is 0. The Morgan fingerprint density at radius 2 is 1.86 bits per heavy atom. The summed E-state index contributed by atoms with van der Waals surface area (Å²) in [4.78, 5) is 37.1. The molecule has 0 atom stereocenters. The van der Waals surface area contributed by atoms with Crippen LogP contribution in [0, 0.1) is 5.41 Å². The van der Waals surface area contributed by atoms with Crippen LogP contribution in [-0.4, -0.2) is 38.1 Å². The van der Waals surface area contributed by atoms with Gasteiger partial charge in [0.2, 0.25) is 5.91 Å². The Balaban J connectivity index is 1.34. The number of fused-ring (bicyclic) bond motifs is 4. The van der Waals surface area contributed by atoms with Crippen molar-refractivity contribution in [3.05, 3.63) is 24.2 Å². The second-order valence-corrected chi connectivity index (χ2v) is 9.44. The maximum absolute atomic E-state index is 13.0. The Morgan fingerprint density at radius 1 is 1.17 bits per heavy atom. The summed E-state index contributed by atoms with van der Waals surface area (Å²) in [6.45, 7) is 5.95. The highest BCUT2D eigenvalue weighted by molar-refractivity contribution is 5.83. The zero-order chi connectivity index (χ0) is 20.7. The smallest absolute Gasteiger partial charge is 0.408 e. The number of alkyl carbamates (subject to hydrolysis) is 1. The van der Waals surface area contributed by atoms with Gasteiger partial charge in [-0.25, -0.2) is 14.8 Å². The van der Waals surface area contributed by atoms with Gasteiger partial charge in [-0.2, -0.15) is 0 Å². The molecule has 2 aromatic heterocycles. The second kappa shape index (κ2) is 7.00. The summed E-state index contributed by atoms with van der Waals surface area (Å²) in [6.07, 6.45) is 7.85. The molecule has 3 N–H and O–H groups in total. The van der Waals surface area contributed by atoms with Crippen molar-refractivity contribution >= 4 is 23.2 Å². The number of ether oxygens (including phenoxy) is 1. The maximum Gasteiger partial charge on any atom is 0.408 e. The first-order chi connectivity index (χ1) is 13.7. The first-order valence-corrected chi connectivity index (χ1v) is 10.3. The van der Waals surface area contributed by atoms with Crippen LogP contribution in [0.2, 0.25) is 0 Å². The molecule has 3 fully saturated rings. The van der Waals surface area contributed by atoms with Crippen molar-refractivity contribution in [1.29, 1.82) is 0 Å². The Bertz CT molecular complexity index is 905. The SMILES string of the molecule is CC(C)(C)OC(=O)NC12CCC(C(=O)NCc3cnc4[nH]ccc4n3)(CC1)CC2. The van der Waals surface area contributed by atoms with Gasteiger partial charge >= 0.3 is 6.09 Å². The standard InChI is InChI=1S/C21H29N5O3/c1-19(2,3)29-18(28)26-21-8-5-20(6-9-21,7-10-21)17(27)24-13-14-12-23-16-15(25-14)4-11-22-16/h4,11-12H,5-10,13H2,1-3H3,(H,22,23)(H,24,27)(H,26,28). The van der Waals surface area contributed by atoms with Crippen molar-refractivity contribution in [2.45, 2.75) is 77.0 Å². The fraction of sp³-hybridized carbons (Fsp3) is 0.619. The quantitative estimate of drug-likeness (QED) is 0.731. The predicted octanol–water partition coefficient (Wildman–Crippen LogP) is 3.19. The Kier molecular flexibility index (Phi) is 4.75. The van der Waals surface area contributed by atoms with E-state index >= 15 is 0 Å². The number of nitrogens with zero attached hydrogens (tertiary/aromatic N) is 2. The lowest BCUT2D eigenvalue weighted by atomic mass is 9.57. The van der Waals surface area contributed by atoms with Crippen LogP contribution >= 0.6 is 0 Å². The average Bonchev–Trinajstić information content (AvgIpc) is 3.13. The fourth-order valence-corrected chi connectivity index (χ4v) is 4.55. The van der Waals surface area contributed by atoms with Gasteiger partial charge in [0.05, 0.1) is 18.4 Å². The fourth-order valence-electron chi connectivity index (χ4n) is 4.55. The largest absolute Gasteiger partial charge is 0.444 e.